The Hall–Kier alpha value is -2.37. The standard InChI is InChI=1S/C34H49NO3S/c1-9-29(30-15-17-32(18-16-30)39(36,37)38)21-25(6)27(8)33(20-23(2)3)31-13-11-28(12-14-31)22-35-26(7)10-19-34(35)24(4)5/h10-19,23-25,27,29,33H,9,20-22H2,1-8H3,(H,36,37,38). The van der Waals surface area contributed by atoms with Crippen molar-refractivity contribution in [3.05, 3.63) is 88.7 Å². The Balaban J connectivity index is 1.77. The summed E-state index contributed by atoms with van der Waals surface area (Å²) >= 11 is 0. The fraction of sp³-hybridized carbons (Fsp3) is 0.529. The summed E-state index contributed by atoms with van der Waals surface area (Å²) in [5.41, 5.74) is 6.58. The number of hydrogen-bond acceptors (Lipinski definition) is 2. The molecule has 0 aliphatic heterocycles. The molecule has 39 heavy (non-hydrogen) atoms. The SMILES string of the molecule is CCC(CC(C)C(C)C(CC(C)C)c1ccc(Cn2c(C)ccc2C(C)C)cc1)c1ccc(S(=O)(=O)O)cc1. The molecular weight excluding hydrogens is 502 g/mol. The third kappa shape index (κ3) is 8.08. The van der Waals surface area contributed by atoms with Gasteiger partial charge in [0.05, 0.1) is 4.90 Å². The summed E-state index contributed by atoms with van der Waals surface area (Å²) in [7, 11) is -4.17. The number of nitrogens with zero attached hydrogens (tertiary/aromatic N) is 1. The second-order valence-electron chi connectivity index (χ2n) is 12.3. The fourth-order valence-corrected chi connectivity index (χ4v) is 6.52. The maximum Gasteiger partial charge on any atom is 0.294 e. The molecule has 1 heterocycles. The Bertz CT molecular complexity index is 1290. The molecule has 214 valence electrons. The van der Waals surface area contributed by atoms with Gasteiger partial charge in [-0.05, 0) is 103 Å². The van der Waals surface area contributed by atoms with Crippen molar-refractivity contribution in [3.63, 3.8) is 0 Å². The summed E-state index contributed by atoms with van der Waals surface area (Å²) in [6.45, 7) is 19.2. The molecule has 2 aromatic carbocycles. The molecule has 3 aromatic rings. The van der Waals surface area contributed by atoms with Crippen LogP contribution in [-0.4, -0.2) is 17.5 Å². The summed E-state index contributed by atoms with van der Waals surface area (Å²) in [5, 5.41) is 0. The number of hydrogen-bond donors (Lipinski definition) is 1. The van der Waals surface area contributed by atoms with Crippen molar-refractivity contribution in [1.82, 2.24) is 4.57 Å². The first-order valence-corrected chi connectivity index (χ1v) is 16.1. The van der Waals surface area contributed by atoms with Crippen LogP contribution in [0, 0.1) is 24.7 Å². The van der Waals surface area contributed by atoms with Gasteiger partial charge in [-0.2, -0.15) is 8.42 Å². The van der Waals surface area contributed by atoms with Gasteiger partial charge in [0.15, 0.2) is 0 Å². The minimum absolute atomic E-state index is 0.0460. The Morgan fingerprint density at radius 2 is 1.38 bits per heavy atom. The normalized spacial score (nSPS) is 15.5. The third-order valence-electron chi connectivity index (χ3n) is 8.63. The molecule has 0 aliphatic carbocycles. The third-order valence-corrected chi connectivity index (χ3v) is 9.50. The van der Waals surface area contributed by atoms with Gasteiger partial charge in [0, 0.05) is 17.9 Å². The van der Waals surface area contributed by atoms with Gasteiger partial charge in [-0.3, -0.25) is 4.55 Å². The first-order valence-electron chi connectivity index (χ1n) is 14.6. The lowest BCUT2D eigenvalue weighted by molar-refractivity contribution is 0.265. The van der Waals surface area contributed by atoms with Crippen molar-refractivity contribution in [2.75, 3.05) is 0 Å². The number of aryl methyl sites for hydroxylation is 1. The van der Waals surface area contributed by atoms with E-state index in [0.717, 1.165) is 31.4 Å². The van der Waals surface area contributed by atoms with E-state index in [1.54, 1.807) is 0 Å². The van der Waals surface area contributed by atoms with Crippen LogP contribution in [0.4, 0.5) is 0 Å². The molecule has 0 saturated carbocycles. The minimum atomic E-state index is -4.17. The smallest absolute Gasteiger partial charge is 0.294 e. The van der Waals surface area contributed by atoms with Gasteiger partial charge in [0.25, 0.3) is 10.1 Å². The molecule has 3 rings (SSSR count). The number of aromatic nitrogens is 1. The molecular formula is C34H49NO3S. The van der Waals surface area contributed by atoms with Crippen LogP contribution in [0.15, 0.2) is 65.6 Å². The van der Waals surface area contributed by atoms with Crippen molar-refractivity contribution in [3.8, 4) is 0 Å². The predicted octanol–water partition coefficient (Wildman–Crippen LogP) is 9.20. The van der Waals surface area contributed by atoms with Crippen LogP contribution in [0.5, 0.6) is 0 Å². The van der Waals surface area contributed by atoms with Crippen molar-refractivity contribution in [2.24, 2.45) is 17.8 Å². The van der Waals surface area contributed by atoms with Crippen LogP contribution in [0.2, 0.25) is 0 Å². The fourth-order valence-electron chi connectivity index (χ4n) is 6.04. The molecule has 5 heteroatoms. The molecule has 0 fully saturated rings. The average Bonchev–Trinajstić information content (AvgIpc) is 3.25. The molecule has 4 atom stereocenters. The van der Waals surface area contributed by atoms with Gasteiger partial charge in [-0.15, -0.1) is 0 Å². The maximum absolute atomic E-state index is 11.5. The lowest BCUT2D eigenvalue weighted by Crippen LogP contribution is -2.21. The van der Waals surface area contributed by atoms with Crippen molar-refractivity contribution in [2.45, 2.75) is 104 Å². The average molecular weight is 552 g/mol. The van der Waals surface area contributed by atoms with Gasteiger partial charge in [0.1, 0.15) is 0 Å². The van der Waals surface area contributed by atoms with Crippen LogP contribution < -0.4 is 0 Å². The van der Waals surface area contributed by atoms with E-state index in [9.17, 15) is 13.0 Å². The summed E-state index contributed by atoms with van der Waals surface area (Å²) in [6.07, 6.45) is 3.18. The van der Waals surface area contributed by atoms with Crippen LogP contribution >= 0.6 is 0 Å². The van der Waals surface area contributed by atoms with Crippen molar-refractivity contribution >= 4 is 10.1 Å². The highest BCUT2D eigenvalue weighted by atomic mass is 32.2. The largest absolute Gasteiger partial charge is 0.344 e. The first kappa shape index (κ1) is 31.2. The molecule has 0 bridgehead atoms. The van der Waals surface area contributed by atoms with E-state index in [-0.39, 0.29) is 4.90 Å². The van der Waals surface area contributed by atoms with E-state index in [0.29, 0.717) is 35.5 Å². The van der Waals surface area contributed by atoms with E-state index in [1.165, 1.54) is 34.6 Å². The van der Waals surface area contributed by atoms with Crippen LogP contribution in [0.25, 0.3) is 0 Å². The Morgan fingerprint density at radius 1 is 0.795 bits per heavy atom. The molecule has 4 unspecified atom stereocenters. The van der Waals surface area contributed by atoms with Gasteiger partial charge in [-0.1, -0.05) is 84.9 Å². The first-order chi connectivity index (χ1) is 18.3. The summed E-state index contributed by atoms with van der Waals surface area (Å²) in [4.78, 5) is -0.0460. The van der Waals surface area contributed by atoms with E-state index in [4.69, 9.17) is 0 Å². The van der Waals surface area contributed by atoms with Gasteiger partial charge < -0.3 is 4.57 Å². The number of benzene rings is 2. The van der Waals surface area contributed by atoms with Crippen molar-refractivity contribution in [1.29, 1.82) is 0 Å². The molecule has 1 aromatic heterocycles. The second kappa shape index (κ2) is 13.3. The van der Waals surface area contributed by atoms with Crippen LogP contribution in [0.1, 0.15) is 114 Å². The highest BCUT2D eigenvalue weighted by Gasteiger charge is 2.27. The number of rotatable bonds is 13. The maximum atomic E-state index is 11.5. The molecule has 4 nitrogen and oxygen atoms in total. The van der Waals surface area contributed by atoms with Gasteiger partial charge >= 0.3 is 0 Å². The quantitative estimate of drug-likeness (QED) is 0.215. The van der Waals surface area contributed by atoms with E-state index >= 15 is 0 Å². The zero-order valence-corrected chi connectivity index (χ0v) is 26.0. The highest BCUT2D eigenvalue weighted by molar-refractivity contribution is 7.85. The molecule has 0 amide bonds. The molecule has 0 spiro atoms. The molecule has 1 N–H and O–H groups in total. The van der Waals surface area contributed by atoms with Crippen LogP contribution in [0.3, 0.4) is 0 Å². The molecule has 0 aliphatic rings. The van der Waals surface area contributed by atoms with Crippen LogP contribution in [-0.2, 0) is 16.7 Å². The monoisotopic (exact) mass is 551 g/mol. The summed E-state index contributed by atoms with van der Waals surface area (Å²) in [5.74, 6) is 2.94. The van der Waals surface area contributed by atoms with E-state index < -0.39 is 10.1 Å². The topological polar surface area (TPSA) is 59.3 Å². The lowest BCUT2D eigenvalue weighted by Gasteiger charge is -2.33. The van der Waals surface area contributed by atoms with E-state index in [2.05, 4.69) is 96.4 Å². The second-order valence-corrected chi connectivity index (χ2v) is 13.8. The minimum Gasteiger partial charge on any atom is -0.344 e. The summed E-state index contributed by atoms with van der Waals surface area (Å²) < 4.78 is 34.7. The highest BCUT2D eigenvalue weighted by Crippen LogP contribution is 2.40. The zero-order chi connectivity index (χ0) is 28.9. The predicted molar refractivity (Wildman–Crippen MR) is 163 cm³/mol. The molecule has 0 radical (unpaired) electrons. The Labute approximate surface area is 237 Å². The van der Waals surface area contributed by atoms with E-state index in [1.807, 2.05) is 12.1 Å². The Morgan fingerprint density at radius 3 is 1.90 bits per heavy atom. The van der Waals surface area contributed by atoms with Gasteiger partial charge in [-0.25, -0.2) is 0 Å². The summed E-state index contributed by atoms with van der Waals surface area (Å²) in [6, 6.07) is 20.6. The van der Waals surface area contributed by atoms with Crippen molar-refractivity contribution < 1.29 is 13.0 Å². The zero-order valence-electron chi connectivity index (χ0n) is 25.2. The Kier molecular flexibility index (Phi) is 10.6. The van der Waals surface area contributed by atoms with Gasteiger partial charge in [0.2, 0.25) is 0 Å². The molecule has 0 saturated heterocycles. The lowest BCUT2D eigenvalue weighted by atomic mass is 9.72.